The fourth-order valence-electron chi connectivity index (χ4n) is 4.09. The van der Waals surface area contributed by atoms with Crippen LogP contribution in [0, 0.1) is 12.8 Å². The number of ketones is 2. The topological polar surface area (TPSA) is 81.3 Å². The molecule has 0 bridgehead atoms. The molecule has 152 valence electrons. The van der Waals surface area contributed by atoms with Gasteiger partial charge in [-0.05, 0) is 19.1 Å². The lowest BCUT2D eigenvalue weighted by molar-refractivity contribution is -0.907. The minimum Gasteiger partial charge on any atom is -0.467 e. The zero-order chi connectivity index (χ0) is 20.4. The fourth-order valence-corrected chi connectivity index (χ4v) is 4.09. The van der Waals surface area contributed by atoms with Gasteiger partial charge in [0.2, 0.25) is 5.78 Å². The van der Waals surface area contributed by atoms with Crippen LogP contribution in [0.2, 0.25) is 0 Å². The maximum atomic E-state index is 13.2. The Kier molecular flexibility index (Phi) is 5.60. The molecule has 1 N–H and O–H groups in total. The summed E-state index contributed by atoms with van der Waals surface area (Å²) >= 11 is 0. The first-order chi connectivity index (χ1) is 14.1. The van der Waals surface area contributed by atoms with Crippen LogP contribution in [0.15, 0.2) is 47.1 Å². The summed E-state index contributed by atoms with van der Waals surface area (Å²) < 4.78 is 10.9. The van der Waals surface area contributed by atoms with Gasteiger partial charge in [-0.15, -0.1) is 0 Å². The average Bonchev–Trinajstić information content (AvgIpc) is 3.35. The molecule has 7 nitrogen and oxygen atoms in total. The second-order valence-corrected chi connectivity index (χ2v) is 7.64. The molecule has 1 aromatic carbocycles. The molecule has 2 aliphatic heterocycles. The number of aryl methyl sites for hydroxylation is 1. The number of carbonyl (C=O) groups excluding carboxylic acids is 3. The van der Waals surface area contributed by atoms with Crippen molar-refractivity contribution < 1.29 is 28.4 Å². The largest absolute Gasteiger partial charge is 0.467 e. The van der Waals surface area contributed by atoms with Crippen LogP contribution in [-0.4, -0.2) is 61.8 Å². The first-order valence-electron chi connectivity index (χ1n) is 9.96. The predicted octanol–water partition coefficient (Wildman–Crippen LogP) is 0.455. The van der Waals surface area contributed by atoms with Crippen molar-refractivity contribution in [2.45, 2.75) is 13.0 Å². The van der Waals surface area contributed by atoms with E-state index in [2.05, 4.69) is 0 Å². The summed E-state index contributed by atoms with van der Waals surface area (Å²) in [6, 6.07) is 9.79. The van der Waals surface area contributed by atoms with E-state index in [4.69, 9.17) is 9.15 Å². The predicted molar refractivity (Wildman–Crippen MR) is 104 cm³/mol. The van der Waals surface area contributed by atoms with Gasteiger partial charge in [0.05, 0.1) is 32.6 Å². The van der Waals surface area contributed by atoms with Crippen LogP contribution in [0.1, 0.15) is 27.7 Å². The van der Waals surface area contributed by atoms with Gasteiger partial charge in [-0.3, -0.25) is 14.4 Å². The van der Waals surface area contributed by atoms with Gasteiger partial charge < -0.3 is 19.0 Å². The first-order valence-corrected chi connectivity index (χ1v) is 9.96. The third kappa shape index (κ3) is 3.88. The number of morpholine rings is 1. The van der Waals surface area contributed by atoms with Crippen LogP contribution in [0.5, 0.6) is 0 Å². The highest BCUT2D eigenvalue weighted by Crippen LogP contribution is 2.38. The lowest BCUT2D eigenvalue weighted by Gasteiger charge is -2.28. The molecule has 0 aliphatic carbocycles. The molecule has 2 aromatic rings. The molecule has 2 fully saturated rings. The van der Waals surface area contributed by atoms with Crippen molar-refractivity contribution in [3.8, 4) is 0 Å². The van der Waals surface area contributed by atoms with Gasteiger partial charge >= 0.3 is 0 Å². The number of quaternary nitrogens is 1. The molecule has 4 rings (SSSR count). The lowest BCUT2D eigenvalue weighted by atomic mass is 9.88. The summed E-state index contributed by atoms with van der Waals surface area (Å²) in [5, 5.41) is 0. The molecule has 7 heteroatoms. The maximum Gasteiger partial charge on any atom is 0.291 e. The summed E-state index contributed by atoms with van der Waals surface area (Å²) in [7, 11) is 0. The monoisotopic (exact) mass is 397 g/mol. The lowest BCUT2D eigenvalue weighted by Crippen LogP contribution is -3.14. The number of likely N-dealkylation sites (tertiary alicyclic amines) is 1. The summed E-state index contributed by atoms with van der Waals surface area (Å²) in [5.74, 6) is -2.23. The molecule has 1 aromatic heterocycles. The molecule has 2 aliphatic rings. The Morgan fingerprint density at radius 3 is 2.52 bits per heavy atom. The zero-order valence-electron chi connectivity index (χ0n) is 16.4. The molecule has 2 saturated heterocycles. The minimum atomic E-state index is -1.09. The van der Waals surface area contributed by atoms with E-state index in [1.54, 1.807) is 24.3 Å². The number of nitrogens with zero attached hydrogens (tertiary/aromatic N) is 1. The fraction of sp³-hybridized carbons (Fsp3) is 0.409. The highest BCUT2D eigenvalue weighted by atomic mass is 16.5. The first kappa shape index (κ1) is 19.5. The van der Waals surface area contributed by atoms with Gasteiger partial charge in [0, 0.05) is 5.56 Å². The Balaban J connectivity index is 1.61. The summed E-state index contributed by atoms with van der Waals surface area (Å²) in [6.07, 6.45) is 1.50. The van der Waals surface area contributed by atoms with E-state index in [1.807, 2.05) is 19.1 Å². The average molecular weight is 397 g/mol. The molecule has 0 spiro atoms. The molecule has 2 unspecified atom stereocenters. The van der Waals surface area contributed by atoms with Crippen molar-refractivity contribution in [1.82, 2.24) is 4.90 Å². The van der Waals surface area contributed by atoms with E-state index in [-0.39, 0.29) is 5.78 Å². The third-order valence-electron chi connectivity index (χ3n) is 5.77. The van der Waals surface area contributed by atoms with Crippen molar-refractivity contribution in [3.05, 3.63) is 59.5 Å². The van der Waals surface area contributed by atoms with Crippen molar-refractivity contribution in [2.24, 2.45) is 5.92 Å². The number of ether oxygens (including phenoxy) is 1. The molecule has 1 amide bonds. The minimum absolute atomic E-state index is 0.342. The number of hydrogen-bond acceptors (Lipinski definition) is 5. The molecule has 2 atom stereocenters. The summed E-state index contributed by atoms with van der Waals surface area (Å²) in [6.45, 7) is 6.14. The van der Waals surface area contributed by atoms with Crippen LogP contribution in [0.25, 0.3) is 0 Å². The second-order valence-electron chi connectivity index (χ2n) is 7.64. The van der Waals surface area contributed by atoms with Crippen LogP contribution >= 0.6 is 0 Å². The van der Waals surface area contributed by atoms with E-state index < -0.39 is 23.7 Å². The zero-order valence-corrected chi connectivity index (χ0v) is 16.4. The van der Waals surface area contributed by atoms with Crippen LogP contribution in [-0.2, 0) is 14.3 Å². The van der Waals surface area contributed by atoms with Gasteiger partial charge in [0.1, 0.15) is 30.8 Å². The van der Waals surface area contributed by atoms with E-state index >= 15 is 0 Å². The highest BCUT2D eigenvalue weighted by Gasteiger charge is 2.53. The normalized spacial score (nSPS) is 23.0. The van der Waals surface area contributed by atoms with E-state index in [1.165, 1.54) is 16.1 Å². The molecule has 0 radical (unpaired) electrons. The van der Waals surface area contributed by atoms with Gasteiger partial charge in [-0.25, -0.2) is 0 Å². The number of benzene rings is 1. The number of Topliss-reactive ketones (excluding diaryl/α,β-unsaturated/α-hetero) is 2. The summed E-state index contributed by atoms with van der Waals surface area (Å²) in [5.41, 5.74) is 1.45. The number of rotatable bonds is 6. The standard InChI is InChI=1S/C22H24N2O5/c1-15-4-6-16(7-5-15)20(25)18-19(17-3-2-12-29-17)24(22(27)21(18)26)9-8-23-10-13-28-14-11-23/h2-7,12,18-19H,8-11,13-14H2,1H3/p+1. The van der Waals surface area contributed by atoms with E-state index in [0.29, 0.717) is 37.6 Å². The van der Waals surface area contributed by atoms with Crippen molar-refractivity contribution in [3.63, 3.8) is 0 Å². The van der Waals surface area contributed by atoms with Gasteiger partial charge in [0.25, 0.3) is 5.91 Å². The second kappa shape index (κ2) is 8.31. The van der Waals surface area contributed by atoms with Crippen LogP contribution < -0.4 is 4.90 Å². The highest BCUT2D eigenvalue weighted by molar-refractivity contribution is 6.44. The van der Waals surface area contributed by atoms with Gasteiger partial charge in [0.15, 0.2) is 5.78 Å². The number of furan rings is 1. The smallest absolute Gasteiger partial charge is 0.291 e. The van der Waals surface area contributed by atoms with Crippen molar-refractivity contribution in [1.29, 1.82) is 0 Å². The van der Waals surface area contributed by atoms with Gasteiger partial charge in [-0.1, -0.05) is 29.8 Å². The molecular weight excluding hydrogens is 372 g/mol. The van der Waals surface area contributed by atoms with Crippen LogP contribution in [0.3, 0.4) is 0 Å². The Labute approximate surface area is 169 Å². The Morgan fingerprint density at radius 2 is 1.86 bits per heavy atom. The van der Waals surface area contributed by atoms with Crippen LogP contribution in [0.4, 0.5) is 0 Å². The number of carbonyl (C=O) groups is 3. The summed E-state index contributed by atoms with van der Waals surface area (Å²) in [4.78, 5) is 41.8. The molecule has 3 heterocycles. The Hall–Kier alpha value is -2.77. The SMILES string of the molecule is Cc1ccc(C(=O)C2C(=O)C(=O)N(CC[NH+]3CCOCC3)C2c2ccco2)cc1. The number of nitrogens with one attached hydrogen (secondary N) is 1. The molecule has 0 saturated carbocycles. The number of amides is 1. The van der Waals surface area contributed by atoms with E-state index in [9.17, 15) is 14.4 Å². The maximum absolute atomic E-state index is 13.2. The Bertz CT molecular complexity index is 884. The van der Waals surface area contributed by atoms with Crippen molar-refractivity contribution in [2.75, 3.05) is 39.4 Å². The quantitative estimate of drug-likeness (QED) is 0.435. The number of hydrogen-bond donors (Lipinski definition) is 1. The Morgan fingerprint density at radius 1 is 1.14 bits per heavy atom. The van der Waals surface area contributed by atoms with Gasteiger partial charge in [-0.2, -0.15) is 0 Å². The van der Waals surface area contributed by atoms with E-state index in [0.717, 1.165) is 18.7 Å². The molecular formula is C22H25N2O5+. The van der Waals surface area contributed by atoms with Crippen molar-refractivity contribution >= 4 is 17.5 Å². The molecule has 29 heavy (non-hydrogen) atoms. The third-order valence-corrected chi connectivity index (χ3v) is 5.77.